The van der Waals surface area contributed by atoms with Crippen LogP contribution in [0.5, 0.6) is 0 Å². The molecule has 0 heterocycles. The second kappa shape index (κ2) is 3.72. The first-order chi connectivity index (χ1) is 5.95. The molecule has 1 aliphatic carbocycles. The molecule has 0 amide bonds. The molecule has 1 aliphatic rings. The molecule has 72 valence electrons. The van der Waals surface area contributed by atoms with Gasteiger partial charge in [-0.3, -0.25) is 0 Å². The summed E-state index contributed by atoms with van der Waals surface area (Å²) in [6.07, 6.45) is 2.86. The van der Waals surface area contributed by atoms with Crippen LogP contribution in [0.2, 0.25) is 0 Å². The molecule has 2 heteroatoms. The van der Waals surface area contributed by atoms with Crippen molar-refractivity contribution in [1.29, 1.82) is 5.26 Å². The lowest BCUT2D eigenvalue weighted by molar-refractivity contribution is 0.219. The quantitative estimate of drug-likeness (QED) is 0.579. The summed E-state index contributed by atoms with van der Waals surface area (Å²) in [6, 6.07) is 2.20. The van der Waals surface area contributed by atoms with Gasteiger partial charge in [-0.15, -0.1) is 0 Å². The summed E-state index contributed by atoms with van der Waals surface area (Å²) in [5.74, 6) is 0.602. The predicted octanol–water partition coefficient (Wildman–Crippen LogP) is 3.85. The minimum Gasteiger partial charge on any atom is -0.193 e. The van der Waals surface area contributed by atoms with Gasteiger partial charge in [0.25, 0.3) is 0 Å². The van der Waals surface area contributed by atoms with Crippen LogP contribution in [-0.2, 0) is 0 Å². The zero-order chi connectivity index (χ0) is 10.1. The molecule has 0 fully saturated rings. The van der Waals surface area contributed by atoms with E-state index in [0.29, 0.717) is 11.3 Å². The van der Waals surface area contributed by atoms with Crippen molar-refractivity contribution in [1.82, 2.24) is 0 Å². The molecule has 0 radical (unpaired) electrons. The van der Waals surface area contributed by atoms with Gasteiger partial charge in [0.2, 0.25) is 0 Å². The smallest absolute Gasteiger partial charge is 0.0959 e. The van der Waals surface area contributed by atoms with E-state index in [4.69, 9.17) is 16.9 Å². The second-order valence-corrected chi connectivity index (χ2v) is 5.26. The number of nitrogens with zero attached hydrogens (tertiary/aromatic N) is 1. The van der Waals surface area contributed by atoms with Crippen LogP contribution in [0, 0.1) is 22.7 Å². The molecule has 1 nitrogen and oxygen atoms in total. The number of hydrogen-bond acceptors (Lipinski definition) is 1. The molecular weight excluding hydrogens is 182 g/mol. The van der Waals surface area contributed by atoms with E-state index < -0.39 is 0 Å². The molecular formula is C11H16ClN. The predicted molar refractivity (Wildman–Crippen MR) is 55.3 cm³/mol. The van der Waals surface area contributed by atoms with Gasteiger partial charge in [-0.25, -0.2) is 0 Å². The van der Waals surface area contributed by atoms with Gasteiger partial charge < -0.3 is 0 Å². The zero-order valence-corrected chi connectivity index (χ0v) is 9.28. The Kier molecular flexibility index (Phi) is 3.03. The molecule has 0 spiro atoms. The van der Waals surface area contributed by atoms with Crippen molar-refractivity contribution in [3.05, 3.63) is 10.6 Å². The van der Waals surface area contributed by atoms with Crippen molar-refractivity contribution in [3.8, 4) is 6.07 Å². The van der Waals surface area contributed by atoms with E-state index in [2.05, 4.69) is 26.8 Å². The minimum atomic E-state index is 0.291. The summed E-state index contributed by atoms with van der Waals surface area (Å²) in [5, 5.41) is 9.63. The van der Waals surface area contributed by atoms with E-state index in [9.17, 15) is 0 Å². The van der Waals surface area contributed by atoms with Crippen molar-refractivity contribution in [2.75, 3.05) is 0 Å². The summed E-state index contributed by atoms with van der Waals surface area (Å²) >= 11 is 5.96. The normalized spacial score (nSPS) is 24.4. The zero-order valence-electron chi connectivity index (χ0n) is 8.52. The van der Waals surface area contributed by atoms with Crippen molar-refractivity contribution in [2.24, 2.45) is 11.3 Å². The monoisotopic (exact) mass is 197 g/mol. The fourth-order valence-electron chi connectivity index (χ4n) is 1.76. The first kappa shape index (κ1) is 10.6. The maximum Gasteiger partial charge on any atom is 0.0959 e. The number of nitriles is 1. The number of allylic oxidation sites excluding steroid dienone is 2. The Morgan fingerprint density at radius 3 is 2.54 bits per heavy atom. The molecule has 1 atom stereocenters. The Labute approximate surface area is 85.4 Å². The third kappa shape index (κ3) is 2.48. The molecule has 1 unspecified atom stereocenters. The third-order valence-electron chi connectivity index (χ3n) is 2.85. The SMILES string of the molecule is CC(C)(C)C1CCC(Cl)=C(C#N)C1. The van der Waals surface area contributed by atoms with Crippen molar-refractivity contribution in [3.63, 3.8) is 0 Å². The fourth-order valence-corrected chi connectivity index (χ4v) is 1.99. The Balaban J connectivity index is 2.78. The van der Waals surface area contributed by atoms with Gasteiger partial charge in [0.05, 0.1) is 6.07 Å². The summed E-state index contributed by atoms with van der Waals surface area (Å²) in [5.41, 5.74) is 1.09. The van der Waals surface area contributed by atoms with E-state index in [1.165, 1.54) is 0 Å². The molecule has 0 N–H and O–H groups in total. The topological polar surface area (TPSA) is 23.8 Å². The van der Waals surface area contributed by atoms with E-state index in [-0.39, 0.29) is 0 Å². The Bertz CT molecular complexity index is 265. The fraction of sp³-hybridized carbons (Fsp3) is 0.727. The minimum absolute atomic E-state index is 0.291. The van der Waals surface area contributed by atoms with E-state index in [1.807, 2.05) is 0 Å². The van der Waals surface area contributed by atoms with Crippen molar-refractivity contribution < 1.29 is 0 Å². The van der Waals surface area contributed by atoms with Crippen LogP contribution in [0.1, 0.15) is 40.0 Å². The van der Waals surface area contributed by atoms with Crippen LogP contribution in [-0.4, -0.2) is 0 Å². The summed E-state index contributed by atoms with van der Waals surface area (Å²) in [7, 11) is 0. The molecule has 13 heavy (non-hydrogen) atoms. The first-order valence-electron chi connectivity index (χ1n) is 4.72. The molecule has 0 saturated carbocycles. The summed E-state index contributed by atoms with van der Waals surface area (Å²) in [6.45, 7) is 6.68. The molecule has 0 aromatic rings. The van der Waals surface area contributed by atoms with E-state index in [1.54, 1.807) is 0 Å². The van der Waals surface area contributed by atoms with Gasteiger partial charge in [0, 0.05) is 10.6 Å². The Morgan fingerprint density at radius 2 is 2.08 bits per heavy atom. The second-order valence-electron chi connectivity index (χ2n) is 4.80. The molecule has 0 aliphatic heterocycles. The third-order valence-corrected chi connectivity index (χ3v) is 3.27. The molecule has 0 aromatic heterocycles. The van der Waals surface area contributed by atoms with E-state index >= 15 is 0 Å². The lowest BCUT2D eigenvalue weighted by Gasteiger charge is -2.33. The first-order valence-corrected chi connectivity index (χ1v) is 5.10. The van der Waals surface area contributed by atoms with Gasteiger partial charge >= 0.3 is 0 Å². The highest BCUT2D eigenvalue weighted by Gasteiger charge is 2.29. The summed E-state index contributed by atoms with van der Waals surface area (Å²) < 4.78 is 0. The average molecular weight is 198 g/mol. The van der Waals surface area contributed by atoms with Gasteiger partial charge in [-0.1, -0.05) is 32.4 Å². The Hall–Kier alpha value is -0.480. The number of hydrogen-bond donors (Lipinski definition) is 0. The number of halogens is 1. The molecule has 1 rings (SSSR count). The maximum atomic E-state index is 8.85. The summed E-state index contributed by atoms with van der Waals surface area (Å²) in [4.78, 5) is 0. The highest BCUT2D eigenvalue weighted by atomic mass is 35.5. The largest absolute Gasteiger partial charge is 0.193 e. The van der Waals surface area contributed by atoms with Crippen LogP contribution in [0.3, 0.4) is 0 Å². The molecule has 0 aromatic carbocycles. The van der Waals surface area contributed by atoms with Crippen LogP contribution in [0.25, 0.3) is 0 Å². The number of rotatable bonds is 0. The van der Waals surface area contributed by atoms with Crippen LogP contribution < -0.4 is 0 Å². The lowest BCUT2D eigenvalue weighted by Crippen LogP contribution is -2.23. The average Bonchev–Trinajstić information content (AvgIpc) is 2.03. The lowest BCUT2D eigenvalue weighted by atomic mass is 9.72. The van der Waals surface area contributed by atoms with Gasteiger partial charge in [0.15, 0.2) is 0 Å². The maximum absolute atomic E-state index is 8.85. The van der Waals surface area contributed by atoms with Gasteiger partial charge in [0.1, 0.15) is 0 Å². The highest BCUT2D eigenvalue weighted by molar-refractivity contribution is 6.30. The van der Waals surface area contributed by atoms with E-state index in [0.717, 1.165) is 29.9 Å². The van der Waals surface area contributed by atoms with Crippen LogP contribution in [0.15, 0.2) is 10.6 Å². The van der Waals surface area contributed by atoms with Gasteiger partial charge in [-0.05, 0) is 30.6 Å². The van der Waals surface area contributed by atoms with Crippen LogP contribution in [0.4, 0.5) is 0 Å². The van der Waals surface area contributed by atoms with Crippen LogP contribution >= 0.6 is 11.6 Å². The molecule has 0 bridgehead atoms. The van der Waals surface area contributed by atoms with Crippen molar-refractivity contribution in [2.45, 2.75) is 40.0 Å². The van der Waals surface area contributed by atoms with Gasteiger partial charge in [-0.2, -0.15) is 5.26 Å². The standard InChI is InChI=1S/C11H16ClN/c1-11(2,3)9-4-5-10(12)8(6-9)7-13/h9H,4-6H2,1-3H3. The Morgan fingerprint density at radius 1 is 1.46 bits per heavy atom. The highest BCUT2D eigenvalue weighted by Crippen LogP contribution is 2.40. The molecule has 0 saturated heterocycles. The van der Waals surface area contributed by atoms with Crippen molar-refractivity contribution >= 4 is 11.6 Å².